The van der Waals surface area contributed by atoms with Crippen molar-refractivity contribution in [1.29, 1.82) is 0 Å². The van der Waals surface area contributed by atoms with Crippen LogP contribution in [0.5, 0.6) is 0 Å². The molecular weight excluding hydrogens is 307 g/mol. The van der Waals surface area contributed by atoms with E-state index in [1.165, 1.54) is 18.4 Å². The number of sulfonamides is 1. The number of para-hydroxylation sites is 1. The lowest BCUT2D eigenvalue weighted by atomic mass is 10.1. The van der Waals surface area contributed by atoms with E-state index in [1.54, 1.807) is 24.3 Å². The average Bonchev–Trinajstić information content (AvgIpc) is 2.38. The normalized spacial score (nSPS) is 12.7. The molecule has 1 rings (SSSR count). The van der Waals surface area contributed by atoms with Gasteiger partial charge >= 0.3 is 0 Å². The van der Waals surface area contributed by atoms with Gasteiger partial charge in [0, 0.05) is 25.9 Å². The molecule has 4 nitrogen and oxygen atoms in total. The van der Waals surface area contributed by atoms with Gasteiger partial charge in [0.2, 0.25) is 10.0 Å². The Morgan fingerprint density at radius 2 is 1.74 bits per heavy atom. The highest BCUT2D eigenvalue weighted by Gasteiger charge is 2.26. The van der Waals surface area contributed by atoms with Gasteiger partial charge < -0.3 is 5.32 Å². The minimum Gasteiger partial charge on any atom is -0.376 e. The van der Waals surface area contributed by atoms with E-state index >= 15 is 0 Å². The van der Waals surface area contributed by atoms with Crippen molar-refractivity contribution in [3.63, 3.8) is 0 Å². The minimum absolute atomic E-state index is 0.210. The van der Waals surface area contributed by atoms with Gasteiger partial charge in [-0.2, -0.15) is 0 Å². The van der Waals surface area contributed by atoms with E-state index in [2.05, 4.69) is 5.32 Å². The second-order valence-corrected chi connectivity index (χ2v) is 7.39. The number of rotatable bonds is 6. The van der Waals surface area contributed by atoms with Gasteiger partial charge in [-0.3, -0.25) is 0 Å². The molecule has 0 aromatic heterocycles. The van der Waals surface area contributed by atoms with Gasteiger partial charge in [0.05, 0.1) is 11.2 Å². The lowest BCUT2D eigenvalue weighted by molar-refractivity contribution is 0.520. The average molecular weight is 325 g/mol. The van der Waals surface area contributed by atoms with E-state index in [1.807, 2.05) is 6.92 Å². The third-order valence-corrected chi connectivity index (χ3v) is 5.72. The van der Waals surface area contributed by atoms with Crippen molar-refractivity contribution in [3.05, 3.63) is 24.3 Å². The quantitative estimate of drug-likeness (QED) is 0.818. The zero-order valence-corrected chi connectivity index (χ0v) is 13.5. The van der Waals surface area contributed by atoms with Crippen LogP contribution < -0.4 is 5.32 Å². The molecule has 108 valence electrons. The van der Waals surface area contributed by atoms with Crippen molar-refractivity contribution in [2.75, 3.05) is 31.2 Å². The van der Waals surface area contributed by atoms with Crippen LogP contribution in [0.25, 0.3) is 0 Å². The Labute approximate surface area is 124 Å². The number of hydrogen-bond acceptors (Lipinski definition) is 3. The third-order valence-electron chi connectivity index (χ3n) is 2.67. The lowest BCUT2D eigenvalue weighted by Crippen LogP contribution is -2.39. The number of anilines is 1. The van der Waals surface area contributed by atoms with E-state index in [0.29, 0.717) is 5.69 Å². The van der Waals surface area contributed by atoms with Crippen LogP contribution >= 0.6 is 23.2 Å². The van der Waals surface area contributed by atoms with Crippen LogP contribution in [-0.2, 0) is 10.0 Å². The first-order valence-corrected chi connectivity index (χ1v) is 8.19. The molecule has 0 aliphatic rings. The maximum atomic E-state index is 12.2. The number of nitrogens with one attached hydrogen (secondary N) is 1. The summed E-state index contributed by atoms with van der Waals surface area (Å²) in [5.74, 6) is 0.541. The maximum absolute atomic E-state index is 12.2. The zero-order valence-electron chi connectivity index (χ0n) is 11.2. The Morgan fingerprint density at radius 3 is 2.21 bits per heavy atom. The summed E-state index contributed by atoms with van der Waals surface area (Å²) in [6.07, 6.45) is 0. The van der Waals surface area contributed by atoms with Crippen LogP contribution in [0, 0.1) is 0 Å². The molecule has 0 amide bonds. The van der Waals surface area contributed by atoms with Crippen molar-refractivity contribution in [2.45, 2.75) is 17.4 Å². The van der Waals surface area contributed by atoms with Gasteiger partial charge in [-0.25, -0.2) is 12.7 Å². The largest absolute Gasteiger partial charge is 0.376 e. The highest BCUT2D eigenvalue weighted by Crippen LogP contribution is 2.27. The second-order valence-electron chi connectivity index (χ2n) is 4.74. The molecule has 0 heterocycles. The Morgan fingerprint density at radius 1 is 1.21 bits per heavy atom. The van der Waals surface area contributed by atoms with Crippen molar-refractivity contribution >= 4 is 38.9 Å². The molecule has 0 bridgehead atoms. The highest BCUT2D eigenvalue weighted by atomic mass is 35.5. The van der Waals surface area contributed by atoms with Crippen molar-refractivity contribution in [3.8, 4) is 0 Å². The van der Waals surface area contributed by atoms with Crippen LogP contribution in [0.4, 0.5) is 5.69 Å². The maximum Gasteiger partial charge on any atom is 0.244 e. The van der Waals surface area contributed by atoms with Gasteiger partial charge in [0.1, 0.15) is 4.90 Å². The van der Waals surface area contributed by atoms with Crippen LogP contribution in [-0.4, -0.2) is 44.1 Å². The summed E-state index contributed by atoms with van der Waals surface area (Å²) in [6, 6.07) is 6.70. The molecule has 0 aliphatic carbocycles. The standard InChI is InChI=1S/C12H18Cl2N2O2S/c1-12(8-13,9-14)15-10-6-4-5-7-11(10)19(17,18)16(2)3/h4-7,15H,8-9H2,1-3H3. The van der Waals surface area contributed by atoms with E-state index in [9.17, 15) is 8.42 Å². The summed E-state index contributed by atoms with van der Waals surface area (Å²) in [7, 11) is -0.523. The third kappa shape index (κ3) is 3.75. The van der Waals surface area contributed by atoms with Gasteiger partial charge in [0.15, 0.2) is 0 Å². The molecular formula is C12H18Cl2N2O2S. The van der Waals surface area contributed by atoms with Crippen molar-refractivity contribution in [2.24, 2.45) is 0 Å². The first-order valence-electron chi connectivity index (χ1n) is 5.68. The molecule has 0 fully saturated rings. The summed E-state index contributed by atoms with van der Waals surface area (Å²) in [4.78, 5) is 0.210. The summed E-state index contributed by atoms with van der Waals surface area (Å²) < 4.78 is 25.6. The monoisotopic (exact) mass is 324 g/mol. The molecule has 0 saturated carbocycles. The Bertz CT molecular complexity index is 528. The molecule has 1 aromatic carbocycles. The lowest BCUT2D eigenvalue weighted by Gasteiger charge is -2.28. The predicted octanol–water partition coefficient (Wildman–Crippen LogP) is 2.59. The van der Waals surface area contributed by atoms with Crippen LogP contribution in [0.3, 0.4) is 0 Å². The van der Waals surface area contributed by atoms with Gasteiger partial charge in [0.25, 0.3) is 0 Å². The van der Waals surface area contributed by atoms with Crippen molar-refractivity contribution < 1.29 is 8.42 Å². The molecule has 7 heteroatoms. The fraction of sp³-hybridized carbons (Fsp3) is 0.500. The van der Waals surface area contributed by atoms with Crippen LogP contribution in [0.1, 0.15) is 6.92 Å². The van der Waals surface area contributed by atoms with E-state index < -0.39 is 15.6 Å². The van der Waals surface area contributed by atoms with Gasteiger partial charge in [-0.1, -0.05) is 12.1 Å². The Balaban J connectivity index is 3.25. The first kappa shape index (κ1) is 16.6. The molecule has 1 N–H and O–H groups in total. The smallest absolute Gasteiger partial charge is 0.244 e. The predicted molar refractivity (Wildman–Crippen MR) is 80.8 cm³/mol. The molecule has 1 aromatic rings. The van der Waals surface area contributed by atoms with Crippen LogP contribution in [0.15, 0.2) is 29.2 Å². The molecule has 0 radical (unpaired) electrons. The number of benzene rings is 1. The molecule has 0 saturated heterocycles. The second kappa shape index (κ2) is 6.31. The highest BCUT2D eigenvalue weighted by molar-refractivity contribution is 7.89. The zero-order chi connectivity index (χ0) is 14.7. The van der Waals surface area contributed by atoms with E-state index in [4.69, 9.17) is 23.2 Å². The number of alkyl halides is 2. The van der Waals surface area contributed by atoms with Crippen molar-refractivity contribution in [1.82, 2.24) is 4.31 Å². The number of halogens is 2. The minimum atomic E-state index is -3.51. The Hall–Kier alpha value is -0.490. The molecule has 0 unspecified atom stereocenters. The Kier molecular flexibility index (Phi) is 5.50. The fourth-order valence-electron chi connectivity index (χ4n) is 1.42. The first-order chi connectivity index (χ1) is 8.77. The van der Waals surface area contributed by atoms with E-state index in [-0.39, 0.29) is 16.7 Å². The molecule has 0 spiro atoms. The summed E-state index contributed by atoms with van der Waals surface area (Å²) >= 11 is 11.8. The molecule has 19 heavy (non-hydrogen) atoms. The number of nitrogens with zero attached hydrogens (tertiary/aromatic N) is 1. The summed E-state index contributed by atoms with van der Waals surface area (Å²) in [5, 5.41) is 3.11. The summed E-state index contributed by atoms with van der Waals surface area (Å²) in [5.41, 5.74) is -0.0684. The topological polar surface area (TPSA) is 49.4 Å². The molecule has 0 atom stereocenters. The van der Waals surface area contributed by atoms with Gasteiger partial charge in [-0.15, -0.1) is 23.2 Å². The van der Waals surface area contributed by atoms with Gasteiger partial charge in [-0.05, 0) is 19.1 Å². The van der Waals surface area contributed by atoms with E-state index in [0.717, 1.165) is 0 Å². The fourth-order valence-corrected chi connectivity index (χ4v) is 2.88. The SMILES string of the molecule is CN(C)S(=O)(=O)c1ccccc1NC(C)(CCl)CCl. The number of hydrogen-bond donors (Lipinski definition) is 1. The molecule has 0 aliphatic heterocycles. The van der Waals surface area contributed by atoms with Crippen LogP contribution in [0.2, 0.25) is 0 Å². The summed E-state index contributed by atoms with van der Waals surface area (Å²) in [6.45, 7) is 1.84.